The summed E-state index contributed by atoms with van der Waals surface area (Å²) in [5, 5.41) is 2.97. The minimum absolute atomic E-state index is 0.0579. The Morgan fingerprint density at radius 3 is 2.59 bits per heavy atom. The number of methoxy groups -OCH3 is 1. The van der Waals surface area contributed by atoms with Crippen LogP contribution in [0.15, 0.2) is 42.7 Å². The molecule has 1 N–H and O–H groups in total. The van der Waals surface area contributed by atoms with Gasteiger partial charge in [0.05, 0.1) is 0 Å². The Labute approximate surface area is 131 Å². The number of aromatic nitrogens is 1. The van der Waals surface area contributed by atoms with E-state index < -0.39 is 0 Å². The number of carbonyl (C=O) groups excluding carboxylic acids is 1. The van der Waals surface area contributed by atoms with Crippen LogP contribution in [0.2, 0.25) is 0 Å². The number of nitrogens with one attached hydrogen (secondary N) is 1. The molecule has 2 rings (SSSR count). The highest BCUT2D eigenvalue weighted by Crippen LogP contribution is 2.19. The molecule has 0 saturated carbocycles. The summed E-state index contributed by atoms with van der Waals surface area (Å²) >= 11 is 0. The summed E-state index contributed by atoms with van der Waals surface area (Å²) in [7, 11) is 1.66. The molecule has 116 valence electrons. The summed E-state index contributed by atoms with van der Waals surface area (Å²) in [5.41, 5.74) is 3.89. The second-order valence-electron chi connectivity index (χ2n) is 5.48. The monoisotopic (exact) mass is 298 g/mol. The fraction of sp³-hybridized carbons (Fsp3) is 0.333. The number of rotatable bonds is 6. The van der Waals surface area contributed by atoms with Gasteiger partial charge in [-0.3, -0.25) is 9.78 Å². The van der Waals surface area contributed by atoms with Crippen LogP contribution in [0.25, 0.3) is 11.1 Å². The van der Waals surface area contributed by atoms with Crippen molar-refractivity contribution >= 4 is 5.91 Å². The predicted octanol–water partition coefficient (Wildman–Crippen LogP) is 3.21. The summed E-state index contributed by atoms with van der Waals surface area (Å²) in [4.78, 5) is 16.4. The number of aryl methyl sites for hydroxylation is 1. The standard InChI is InChI=1S/C18H22N2O2/c1-13-10-17(12-19-11-13)15-4-6-16(7-5-15)18(21)20-14(2)8-9-22-3/h4-7,10-12,14H,8-9H2,1-3H3,(H,20,21). The zero-order valence-corrected chi connectivity index (χ0v) is 13.3. The molecule has 1 heterocycles. The topological polar surface area (TPSA) is 51.2 Å². The van der Waals surface area contributed by atoms with E-state index in [0.717, 1.165) is 23.1 Å². The van der Waals surface area contributed by atoms with Gasteiger partial charge in [-0.05, 0) is 49.6 Å². The number of hydrogen-bond donors (Lipinski definition) is 1. The van der Waals surface area contributed by atoms with Crippen molar-refractivity contribution in [2.24, 2.45) is 0 Å². The molecule has 0 fully saturated rings. The van der Waals surface area contributed by atoms with E-state index in [2.05, 4.69) is 16.4 Å². The average Bonchev–Trinajstić information content (AvgIpc) is 2.53. The van der Waals surface area contributed by atoms with Crippen LogP contribution in [0.4, 0.5) is 0 Å². The number of carbonyl (C=O) groups is 1. The molecule has 1 aromatic carbocycles. The molecule has 0 bridgehead atoms. The second-order valence-corrected chi connectivity index (χ2v) is 5.48. The SMILES string of the molecule is COCCC(C)NC(=O)c1ccc(-c2cncc(C)c2)cc1. The van der Waals surface area contributed by atoms with E-state index in [1.165, 1.54) is 0 Å². The Bertz CT molecular complexity index is 623. The molecule has 22 heavy (non-hydrogen) atoms. The third-order valence-corrected chi connectivity index (χ3v) is 3.49. The first-order chi connectivity index (χ1) is 10.6. The molecule has 0 aliphatic heterocycles. The van der Waals surface area contributed by atoms with Crippen LogP contribution in [0, 0.1) is 6.92 Å². The van der Waals surface area contributed by atoms with E-state index in [9.17, 15) is 4.79 Å². The fourth-order valence-corrected chi connectivity index (χ4v) is 2.20. The quantitative estimate of drug-likeness (QED) is 0.891. The van der Waals surface area contributed by atoms with E-state index in [0.29, 0.717) is 12.2 Å². The number of benzene rings is 1. The van der Waals surface area contributed by atoms with Crippen molar-refractivity contribution in [2.45, 2.75) is 26.3 Å². The summed E-state index contributed by atoms with van der Waals surface area (Å²) in [5.74, 6) is -0.0579. The van der Waals surface area contributed by atoms with Crippen molar-refractivity contribution < 1.29 is 9.53 Å². The van der Waals surface area contributed by atoms with Gasteiger partial charge in [-0.2, -0.15) is 0 Å². The number of amides is 1. The normalized spacial score (nSPS) is 12.0. The van der Waals surface area contributed by atoms with E-state index in [1.807, 2.05) is 50.5 Å². The number of hydrogen-bond acceptors (Lipinski definition) is 3. The van der Waals surface area contributed by atoms with Crippen LogP contribution in [-0.2, 0) is 4.74 Å². The molecule has 1 aromatic heterocycles. The third-order valence-electron chi connectivity index (χ3n) is 3.49. The largest absolute Gasteiger partial charge is 0.385 e. The molecule has 0 aliphatic rings. The van der Waals surface area contributed by atoms with Gasteiger partial charge in [-0.1, -0.05) is 12.1 Å². The lowest BCUT2D eigenvalue weighted by Gasteiger charge is -2.13. The van der Waals surface area contributed by atoms with Gasteiger partial charge in [0.15, 0.2) is 0 Å². The molecule has 0 saturated heterocycles. The van der Waals surface area contributed by atoms with Crippen molar-refractivity contribution in [3.63, 3.8) is 0 Å². The minimum Gasteiger partial charge on any atom is -0.385 e. The molecule has 2 aromatic rings. The van der Waals surface area contributed by atoms with E-state index in [1.54, 1.807) is 7.11 Å². The summed E-state index contributed by atoms with van der Waals surface area (Å²) < 4.78 is 5.02. The van der Waals surface area contributed by atoms with Crippen molar-refractivity contribution in [3.05, 3.63) is 53.9 Å². The maximum Gasteiger partial charge on any atom is 0.251 e. The molecular formula is C18H22N2O2. The molecule has 4 nitrogen and oxygen atoms in total. The lowest BCUT2D eigenvalue weighted by molar-refractivity contribution is 0.0929. The lowest BCUT2D eigenvalue weighted by atomic mass is 10.0. The zero-order valence-electron chi connectivity index (χ0n) is 13.3. The van der Waals surface area contributed by atoms with Gasteiger partial charge in [0, 0.05) is 43.3 Å². The second kappa shape index (κ2) is 7.71. The molecule has 0 spiro atoms. The third kappa shape index (κ3) is 4.40. The van der Waals surface area contributed by atoms with Crippen molar-refractivity contribution in [2.75, 3.05) is 13.7 Å². The van der Waals surface area contributed by atoms with Gasteiger partial charge < -0.3 is 10.1 Å². The summed E-state index contributed by atoms with van der Waals surface area (Å²) in [6, 6.07) is 9.75. The minimum atomic E-state index is -0.0579. The van der Waals surface area contributed by atoms with E-state index in [-0.39, 0.29) is 11.9 Å². The van der Waals surface area contributed by atoms with Crippen LogP contribution in [0.1, 0.15) is 29.3 Å². The van der Waals surface area contributed by atoms with Gasteiger partial charge in [-0.25, -0.2) is 0 Å². The predicted molar refractivity (Wildman–Crippen MR) is 87.8 cm³/mol. The smallest absolute Gasteiger partial charge is 0.251 e. The summed E-state index contributed by atoms with van der Waals surface area (Å²) in [6.45, 7) is 4.63. The van der Waals surface area contributed by atoms with E-state index in [4.69, 9.17) is 4.74 Å². The molecule has 1 unspecified atom stereocenters. The molecule has 1 amide bonds. The Morgan fingerprint density at radius 1 is 1.23 bits per heavy atom. The van der Waals surface area contributed by atoms with Crippen molar-refractivity contribution in [3.8, 4) is 11.1 Å². The maximum atomic E-state index is 12.2. The average molecular weight is 298 g/mol. The Kier molecular flexibility index (Phi) is 5.67. The summed E-state index contributed by atoms with van der Waals surface area (Å²) in [6.07, 6.45) is 4.46. The molecule has 4 heteroatoms. The maximum absolute atomic E-state index is 12.2. The van der Waals surface area contributed by atoms with Crippen molar-refractivity contribution in [1.82, 2.24) is 10.3 Å². The van der Waals surface area contributed by atoms with Gasteiger partial charge >= 0.3 is 0 Å². The Balaban J connectivity index is 2.04. The number of ether oxygens (including phenoxy) is 1. The fourth-order valence-electron chi connectivity index (χ4n) is 2.20. The highest BCUT2D eigenvalue weighted by molar-refractivity contribution is 5.94. The molecule has 0 radical (unpaired) electrons. The first-order valence-corrected chi connectivity index (χ1v) is 7.42. The van der Waals surface area contributed by atoms with Crippen LogP contribution >= 0.6 is 0 Å². The highest BCUT2D eigenvalue weighted by Gasteiger charge is 2.09. The molecular weight excluding hydrogens is 276 g/mol. The first-order valence-electron chi connectivity index (χ1n) is 7.42. The van der Waals surface area contributed by atoms with E-state index >= 15 is 0 Å². The molecule has 1 atom stereocenters. The zero-order chi connectivity index (χ0) is 15.9. The first kappa shape index (κ1) is 16.2. The number of pyridine rings is 1. The highest BCUT2D eigenvalue weighted by atomic mass is 16.5. The lowest BCUT2D eigenvalue weighted by Crippen LogP contribution is -2.33. The van der Waals surface area contributed by atoms with Crippen LogP contribution < -0.4 is 5.32 Å². The van der Waals surface area contributed by atoms with Gasteiger partial charge in [0.25, 0.3) is 5.91 Å². The van der Waals surface area contributed by atoms with Gasteiger partial charge in [0.1, 0.15) is 0 Å². The van der Waals surface area contributed by atoms with Crippen LogP contribution in [0.5, 0.6) is 0 Å². The molecule has 0 aliphatic carbocycles. The van der Waals surface area contributed by atoms with Gasteiger partial charge in [0.2, 0.25) is 0 Å². The Hall–Kier alpha value is -2.20. The Morgan fingerprint density at radius 2 is 1.95 bits per heavy atom. The van der Waals surface area contributed by atoms with Crippen LogP contribution in [-0.4, -0.2) is 30.6 Å². The van der Waals surface area contributed by atoms with Crippen molar-refractivity contribution in [1.29, 1.82) is 0 Å². The van der Waals surface area contributed by atoms with Gasteiger partial charge in [-0.15, -0.1) is 0 Å². The number of nitrogens with zero attached hydrogens (tertiary/aromatic N) is 1. The van der Waals surface area contributed by atoms with Crippen LogP contribution in [0.3, 0.4) is 0 Å².